The maximum atomic E-state index is 14.4. The van der Waals surface area contributed by atoms with Crippen LogP contribution >= 0.6 is 0 Å². The molecule has 0 amide bonds. The van der Waals surface area contributed by atoms with Gasteiger partial charge in [0.05, 0.1) is 50.8 Å². The molecule has 22 nitrogen and oxygen atoms in total. The van der Waals surface area contributed by atoms with Crippen molar-refractivity contribution in [1.29, 1.82) is 0 Å². The van der Waals surface area contributed by atoms with Gasteiger partial charge in [0, 0.05) is 74.9 Å². The number of hydrogen-bond donors (Lipinski definition) is 6. The van der Waals surface area contributed by atoms with Crippen molar-refractivity contribution in [1.82, 2.24) is 9.13 Å². The third kappa shape index (κ3) is 21.9. The van der Waals surface area contributed by atoms with Crippen molar-refractivity contribution in [3.8, 4) is 44.8 Å². The van der Waals surface area contributed by atoms with Gasteiger partial charge in [0.1, 0.15) is 44.3 Å². The van der Waals surface area contributed by atoms with E-state index in [0.717, 1.165) is 24.3 Å². The maximum absolute atomic E-state index is 14.4. The molecule has 4 atom stereocenters. The number of aliphatic carboxylic acids is 1. The zero-order valence-electron chi connectivity index (χ0n) is 54.4. The second kappa shape index (κ2) is 36.6. The molecule has 3 heterocycles. The number of primary sulfonamides is 2. The number of aromatic nitrogens is 2. The van der Waals surface area contributed by atoms with E-state index in [1.165, 1.54) is 121 Å². The number of nitrogens with two attached hydrogens (primary N) is 2. The minimum atomic E-state index is -4.63. The quantitative estimate of drug-likeness (QED) is 0.0252. The van der Waals surface area contributed by atoms with Crippen LogP contribution in [0.15, 0.2) is 165 Å². The van der Waals surface area contributed by atoms with E-state index in [9.17, 15) is 81.2 Å². The van der Waals surface area contributed by atoms with E-state index in [4.69, 9.17) is 15.0 Å². The number of benzene rings is 6. The monoisotopic (exact) mass is 1460 g/mol. The first kappa shape index (κ1) is 87.0. The Bertz CT molecular complexity index is 4510. The largest absolute Gasteiger partial charge is 1.00 e. The summed E-state index contributed by atoms with van der Waals surface area (Å²) >= 11 is 0. The summed E-state index contributed by atoms with van der Waals surface area (Å²) in [5.41, 5.74) is 3.13. The normalized spacial score (nSPS) is 14.5. The van der Waals surface area contributed by atoms with E-state index in [1.54, 1.807) is 36.8 Å². The number of nitrogens with one attached hydrogen (secondary N) is 1. The van der Waals surface area contributed by atoms with Gasteiger partial charge >= 0.3 is 94.6 Å². The summed E-state index contributed by atoms with van der Waals surface area (Å²) in [6.45, 7) is 7.19. The fourth-order valence-corrected chi connectivity index (χ4v) is 15.3. The molecule has 6 aromatic carbocycles. The van der Waals surface area contributed by atoms with Gasteiger partial charge in [-0.25, -0.2) is 61.5 Å². The second-order valence-electron chi connectivity index (χ2n) is 22.7. The summed E-state index contributed by atoms with van der Waals surface area (Å²) in [5, 5.41) is 52.2. The van der Waals surface area contributed by atoms with Crippen LogP contribution in [0, 0.1) is 23.3 Å². The van der Waals surface area contributed by atoms with Gasteiger partial charge in [-0.05, 0) is 156 Å². The summed E-state index contributed by atoms with van der Waals surface area (Å²) in [6, 6.07) is 30.6. The number of carbonyl (C=O) groups excluding carboxylic acids is 2. The number of rotatable bonds is 24. The van der Waals surface area contributed by atoms with Crippen molar-refractivity contribution in [3.63, 3.8) is 0 Å². The van der Waals surface area contributed by atoms with Crippen LogP contribution < -0.4 is 109 Å². The fraction of sp³-hybridized carbons (Fsp3) is 0.281. The molecule has 507 valence electrons. The van der Waals surface area contributed by atoms with Gasteiger partial charge < -0.3 is 49.3 Å². The van der Waals surface area contributed by atoms with Crippen LogP contribution in [-0.4, -0.2) is 108 Å². The predicted octanol–water partition coefficient (Wildman–Crippen LogP) is -0.510. The van der Waals surface area contributed by atoms with Crippen LogP contribution in [0.25, 0.3) is 49.5 Å². The number of anilines is 1. The summed E-state index contributed by atoms with van der Waals surface area (Å²) in [5.74, 6) is -5.12. The molecule has 1 saturated heterocycles. The summed E-state index contributed by atoms with van der Waals surface area (Å²) in [4.78, 5) is 22.1. The number of carboxylic acid groups (broad SMARTS) is 1. The van der Waals surface area contributed by atoms with E-state index < -0.39 is 118 Å². The summed E-state index contributed by atoms with van der Waals surface area (Å²) in [6.07, 6.45) is -4.79. The molecule has 98 heavy (non-hydrogen) atoms. The fourth-order valence-electron chi connectivity index (χ4n) is 11.1. The van der Waals surface area contributed by atoms with Crippen molar-refractivity contribution in [2.75, 3.05) is 4.72 Å². The number of cyclic esters (lactones) is 1. The number of carbonyl (C=O) groups is 2. The third-order valence-electron chi connectivity index (χ3n) is 15.0. The number of carboxylic acids is 1. The van der Waals surface area contributed by atoms with Crippen LogP contribution in [-0.2, 0) is 67.5 Å². The Morgan fingerprint density at radius 2 is 1.00 bits per heavy atom. The molecule has 1 aliphatic heterocycles. The molecule has 9 rings (SSSR count). The molecule has 8 aromatic rings. The van der Waals surface area contributed by atoms with Gasteiger partial charge in [0.2, 0.25) is 20.0 Å². The molecular weight excluding hydrogens is 1390 g/mol. The van der Waals surface area contributed by atoms with Crippen LogP contribution in [0.3, 0.4) is 0 Å². The van der Waals surface area contributed by atoms with E-state index in [2.05, 4.69) is 9.44 Å². The molecule has 0 saturated carbocycles. The van der Waals surface area contributed by atoms with Gasteiger partial charge in [-0.1, -0.05) is 64.1 Å². The standard InChI is InChI=1S/C32H34F2N3O8S2.C32H33F2N3O7S2.B.3Na.H2O/c1-19(2)30-32(47(44,45)36-24-11-13-27(14-12-24)46(35,42)43)29(20-3-7-22(33)8-4-20)31(21-5-9-23(34)10-6-21)37(30)16-15-25(38)17-26(39)18-28(40)41;1-19(2)30-32(46(42,43)36-24-11-13-27(14-12-24)45(35,40)41)29(20-3-7-22(33)8-4-20)31(21-5-9-23(34)10-6-21)37(30)16-15-26-17-25(38)18-28(39)44-26;;;;;/h3-14,19,25-26,38-39H,15-18H2,1-2H3,(H,40,41)(H2,35,42,43);3-14,19,25-26,36,38H,15-18H2,1-2H3,(H2,35,40,41);;;;;1H2/q-1;;;3*+1;/p-2/t25-,26-;25-,26?;;;;;/m11...../s1. The molecule has 34 heteroatoms. The molecule has 9 N–H and O–H groups in total. The Morgan fingerprint density at radius 3 is 1.40 bits per heavy atom. The number of nitrogens with zero attached hydrogens (tertiary/aromatic N) is 3. The Labute approximate surface area is 634 Å². The van der Waals surface area contributed by atoms with E-state index >= 15 is 0 Å². The first-order valence-corrected chi connectivity index (χ1v) is 34.9. The molecule has 1 aliphatic rings. The number of aliphatic hydroxyl groups excluding tert-OH is 3. The van der Waals surface area contributed by atoms with Gasteiger partial charge in [0.25, 0.3) is 10.0 Å². The minimum Gasteiger partial charge on any atom is -0.870 e. The average Bonchev–Trinajstić information content (AvgIpc) is 1.59. The van der Waals surface area contributed by atoms with E-state index in [-0.39, 0.29) is 201 Å². The van der Waals surface area contributed by atoms with E-state index in [1.807, 2.05) is 0 Å². The predicted molar refractivity (Wildman–Crippen MR) is 344 cm³/mol. The molecule has 0 aliphatic carbocycles. The zero-order valence-corrected chi connectivity index (χ0v) is 63.6. The Morgan fingerprint density at radius 1 is 0.612 bits per heavy atom. The van der Waals surface area contributed by atoms with Gasteiger partial charge in [0.15, 0.2) is 0 Å². The first-order valence-electron chi connectivity index (χ1n) is 28.9. The van der Waals surface area contributed by atoms with Crippen LogP contribution in [0.1, 0.15) is 89.4 Å². The first-order chi connectivity index (χ1) is 43.6. The molecule has 0 bridgehead atoms. The van der Waals surface area contributed by atoms with Crippen molar-refractivity contribution < 1.29 is 180 Å². The van der Waals surface area contributed by atoms with Crippen LogP contribution in [0.5, 0.6) is 0 Å². The number of aliphatic hydroxyl groups is 3. The number of hydrogen-bond acceptors (Lipinski definition) is 16. The molecule has 3 radical (unpaired) electrons. The number of halogens is 4. The SMILES string of the molecule is CC(C)c1c(S(=O)(=O)Nc2ccc(S(N)(=O)=O)cc2)c(-c2ccc(F)cc2)c(-c2ccc(F)cc2)n1CCC1C[C@@H](O)CC(=O)O1.CC(C)c1c(S(=O)(=O)[N-]c2ccc(S(N)(=O)=O)cc2)c(-c2ccc(F)cc2)c(-c2ccc(F)cc2)n1CC[C@@H](O)C[C@@H](O)CC(=O)[O-].[B].[Na+].[Na+].[Na+].[OH-]. The second-order valence-corrected chi connectivity index (χ2v) is 29.0. The molecular formula is C64H67BF4N6Na3O16S4. The van der Waals surface area contributed by atoms with Gasteiger partial charge in [-0.2, -0.15) is 0 Å². The molecule has 1 unspecified atom stereocenters. The maximum Gasteiger partial charge on any atom is 1.00 e. The Balaban J connectivity index is 0.000000485. The van der Waals surface area contributed by atoms with Crippen molar-refractivity contribution in [3.05, 3.63) is 185 Å². The summed E-state index contributed by atoms with van der Waals surface area (Å²) < 4.78 is 176. The summed E-state index contributed by atoms with van der Waals surface area (Å²) in [7, 11) is -17.2. The molecule has 1 fully saturated rings. The average molecular weight is 1460 g/mol. The Kier molecular flexibility index (Phi) is 32.5. The topological polar surface area (TPSA) is 382 Å². The van der Waals surface area contributed by atoms with Gasteiger partial charge in [-0.3, -0.25) is 9.52 Å². The van der Waals surface area contributed by atoms with Crippen molar-refractivity contribution >= 4 is 71.8 Å². The van der Waals surface area contributed by atoms with Crippen LogP contribution in [0.2, 0.25) is 0 Å². The molecule has 2 aromatic heterocycles. The zero-order chi connectivity index (χ0) is 68.1. The Hall–Kier alpha value is -5.24. The number of esters is 1. The number of ether oxygens (including phenoxy) is 1. The smallest absolute Gasteiger partial charge is 0.870 e. The number of sulfonamides is 4. The van der Waals surface area contributed by atoms with Gasteiger partial charge in [-0.15, -0.1) is 5.69 Å². The molecule has 0 spiro atoms. The van der Waals surface area contributed by atoms with E-state index in [0.29, 0.717) is 33.8 Å². The minimum absolute atomic E-state index is 0. The van der Waals surface area contributed by atoms with Crippen molar-refractivity contribution in [2.24, 2.45) is 10.3 Å². The van der Waals surface area contributed by atoms with Crippen molar-refractivity contribution in [2.45, 2.75) is 135 Å². The van der Waals surface area contributed by atoms with Crippen LogP contribution in [0.4, 0.5) is 28.9 Å². The third-order valence-corrected chi connectivity index (χ3v) is 19.7.